The number of rotatable bonds is 5. The average molecular weight is 491 g/mol. The number of nitrogens with one attached hydrogen (secondary N) is 1. The van der Waals surface area contributed by atoms with E-state index in [1.165, 1.54) is 40.7 Å². The van der Waals surface area contributed by atoms with Gasteiger partial charge in [-0.05, 0) is 55.3 Å². The van der Waals surface area contributed by atoms with Gasteiger partial charge in [-0.3, -0.25) is 4.79 Å². The summed E-state index contributed by atoms with van der Waals surface area (Å²) in [7, 11) is -7.44. The molecular weight excluding hydrogens is 471 g/mol. The maximum absolute atomic E-state index is 13.2. The molecule has 7 nitrogen and oxygen atoms in total. The third kappa shape index (κ3) is 4.97. The van der Waals surface area contributed by atoms with Crippen LogP contribution in [0.4, 0.5) is 5.69 Å². The molecule has 0 aromatic heterocycles. The molecule has 0 unspecified atom stereocenters. The van der Waals surface area contributed by atoms with Crippen molar-refractivity contribution in [1.29, 1.82) is 0 Å². The molecule has 3 rings (SSSR count). The largest absolute Gasteiger partial charge is 0.325 e. The van der Waals surface area contributed by atoms with E-state index in [0.29, 0.717) is 30.0 Å². The van der Waals surface area contributed by atoms with Crippen LogP contribution in [-0.2, 0) is 24.7 Å². The fourth-order valence-corrected chi connectivity index (χ4v) is 5.83. The number of piperidine rings is 1. The predicted octanol–water partition coefficient (Wildman–Crippen LogP) is 3.58. The lowest BCUT2D eigenvalue weighted by Gasteiger charge is -2.33. The van der Waals surface area contributed by atoms with Gasteiger partial charge in [0.1, 0.15) is 6.04 Å². The van der Waals surface area contributed by atoms with Gasteiger partial charge >= 0.3 is 0 Å². The topological polar surface area (TPSA) is 101 Å². The molecule has 0 saturated carbocycles. The standard InChI is InChI=1S/C19H20Cl2N2O5S2/c1-29(25,26)14-6-8-15(9-7-14)30(27,28)23-11-3-2-4-18(23)19(24)22-13-5-10-16(20)17(21)12-13/h5-10,12,18H,2-4,11H2,1H3,(H,22,24)/t18-/m0/s1. The van der Waals surface area contributed by atoms with Gasteiger partial charge in [-0.25, -0.2) is 16.8 Å². The summed E-state index contributed by atoms with van der Waals surface area (Å²) in [4.78, 5) is 12.8. The Morgan fingerprint density at radius 3 is 2.20 bits per heavy atom. The lowest BCUT2D eigenvalue weighted by Crippen LogP contribution is -2.49. The van der Waals surface area contributed by atoms with Gasteiger partial charge in [0.05, 0.1) is 19.8 Å². The molecule has 1 heterocycles. The zero-order valence-corrected chi connectivity index (χ0v) is 19.2. The van der Waals surface area contributed by atoms with Crippen molar-refractivity contribution in [2.75, 3.05) is 18.1 Å². The van der Waals surface area contributed by atoms with Gasteiger partial charge in [-0.15, -0.1) is 0 Å². The van der Waals surface area contributed by atoms with Crippen LogP contribution in [0.3, 0.4) is 0 Å². The van der Waals surface area contributed by atoms with Crippen LogP contribution in [0, 0.1) is 0 Å². The molecule has 0 aliphatic carbocycles. The van der Waals surface area contributed by atoms with Gasteiger partial charge in [0.15, 0.2) is 9.84 Å². The van der Waals surface area contributed by atoms with Crippen molar-refractivity contribution in [2.24, 2.45) is 0 Å². The van der Waals surface area contributed by atoms with Crippen molar-refractivity contribution in [3.63, 3.8) is 0 Å². The second-order valence-corrected chi connectivity index (χ2v) is 11.7. The highest BCUT2D eigenvalue weighted by Crippen LogP contribution is 2.29. The number of anilines is 1. The molecule has 1 aliphatic heterocycles. The summed E-state index contributed by atoms with van der Waals surface area (Å²) in [6.45, 7) is 0.190. The molecule has 1 aliphatic rings. The number of carbonyl (C=O) groups is 1. The van der Waals surface area contributed by atoms with E-state index in [2.05, 4.69) is 5.32 Å². The Labute approximate surface area is 186 Å². The fraction of sp³-hybridized carbons (Fsp3) is 0.316. The maximum Gasteiger partial charge on any atom is 0.243 e. The number of amides is 1. The van der Waals surface area contributed by atoms with Gasteiger partial charge in [0.25, 0.3) is 0 Å². The van der Waals surface area contributed by atoms with E-state index in [1.807, 2.05) is 0 Å². The molecule has 1 amide bonds. The third-order valence-corrected chi connectivity index (χ3v) is 8.59. The second kappa shape index (κ2) is 8.84. The first-order chi connectivity index (χ1) is 14.0. The molecule has 0 bridgehead atoms. The van der Waals surface area contributed by atoms with Crippen molar-refractivity contribution < 1.29 is 21.6 Å². The van der Waals surface area contributed by atoms with E-state index >= 15 is 0 Å². The minimum Gasteiger partial charge on any atom is -0.325 e. The number of benzene rings is 2. The number of carbonyl (C=O) groups excluding carboxylic acids is 1. The molecule has 11 heteroatoms. The molecule has 1 N–H and O–H groups in total. The number of nitrogens with zero attached hydrogens (tertiary/aromatic N) is 1. The quantitative estimate of drug-likeness (QED) is 0.689. The summed E-state index contributed by atoms with van der Waals surface area (Å²) in [6.07, 6.45) is 2.74. The summed E-state index contributed by atoms with van der Waals surface area (Å²) in [5.41, 5.74) is 0.412. The molecule has 1 atom stereocenters. The van der Waals surface area contributed by atoms with Gasteiger partial charge in [0.2, 0.25) is 15.9 Å². The summed E-state index contributed by atoms with van der Waals surface area (Å²) in [6, 6.07) is 8.70. The van der Waals surface area contributed by atoms with Gasteiger partial charge in [0, 0.05) is 18.5 Å². The lowest BCUT2D eigenvalue weighted by molar-refractivity contribution is -0.120. The summed E-state index contributed by atoms with van der Waals surface area (Å²) >= 11 is 11.9. The minimum atomic E-state index is -4.00. The smallest absolute Gasteiger partial charge is 0.243 e. The summed E-state index contributed by atoms with van der Waals surface area (Å²) < 4.78 is 50.8. The molecule has 162 valence electrons. The lowest BCUT2D eigenvalue weighted by atomic mass is 10.0. The normalized spacial score (nSPS) is 18.2. The first-order valence-corrected chi connectivity index (χ1v) is 13.2. The maximum atomic E-state index is 13.2. The molecule has 1 fully saturated rings. The first-order valence-electron chi connectivity index (χ1n) is 9.08. The van der Waals surface area contributed by atoms with Crippen LogP contribution in [0.1, 0.15) is 19.3 Å². The molecule has 0 spiro atoms. The van der Waals surface area contributed by atoms with E-state index < -0.39 is 31.8 Å². The highest BCUT2D eigenvalue weighted by Gasteiger charge is 2.37. The van der Waals surface area contributed by atoms with E-state index in [1.54, 1.807) is 6.07 Å². The van der Waals surface area contributed by atoms with Crippen molar-refractivity contribution in [3.05, 3.63) is 52.5 Å². The number of hydrogen-bond acceptors (Lipinski definition) is 5. The Morgan fingerprint density at radius 2 is 1.60 bits per heavy atom. The van der Waals surface area contributed by atoms with E-state index in [-0.39, 0.29) is 21.4 Å². The number of hydrogen-bond donors (Lipinski definition) is 1. The zero-order chi connectivity index (χ0) is 22.1. The highest BCUT2D eigenvalue weighted by atomic mass is 35.5. The van der Waals surface area contributed by atoms with Crippen LogP contribution >= 0.6 is 23.2 Å². The van der Waals surface area contributed by atoms with Gasteiger partial charge in [-0.1, -0.05) is 29.6 Å². The monoisotopic (exact) mass is 490 g/mol. The van der Waals surface area contributed by atoms with E-state index in [0.717, 1.165) is 6.26 Å². The Kier molecular flexibility index (Phi) is 6.78. The average Bonchev–Trinajstić information content (AvgIpc) is 2.70. The molecule has 0 radical (unpaired) electrons. The van der Waals surface area contributed by atoms with Crippen LogP contribution in [0.25, 0.3) is 0 Å². The predicted molar refractivity (Wildman–Crippen MR) is 116 cm³/mol. The van der Waals surface area contributed by atoms with Crippen LogP contribution in [0.2, 0.25) is 10.0 Å². The number of halogens is 2. The highest BCUT2D eigenvalue weighted by molar-refractivity contribution is 7.90. The van der Waals surface area contributed by atoms with Crippen molar-refractivity contribution in [2.45, 2.75) is 35.1 Å². The Bertz CT molecular complexity index is 1170. The number of sulfone groups is 1. The van der Waals surface area contributed by atoms with Crippen LogP contribution in [-0.4, -0.2) is 45.9 Å². The molecular formula is C19H20Cl2N2O5S2. The van der Waals surface area contributed by atoms with Gasteiger partial charge < -0.3 is 5.32 Å². The van der Waals surface area contributed by atoms with E-state index in [4.69, 9.17) is 23.2 Å². The molecule has 30 heavy (non-hydrogen) atoms. The Balaban J connectivity index is 1.86. The molecule has 2 aromatic carbocycles. The minimum absolute atomic E-state index is 0.0222. The Morgan fingerprint density at radius 1 is 0.967 bits per heavy atom. The van der Waals surface area contributed by atoms with E-state index in [9.17, 15) is 21.6 Å². The first kappa shape index (κ1) is 23.0. The fourth-order valence-electron chi connectivity index (χ4n) is 3.25. The summed E-state index contributed by atoms with van der Waals surface area (Å²) in [5, 5.41) is 3.31. The van der Waals surface area contributed by atoms with Crippen LogP contribution < -0.4 is 5.32 Å². The van der Waals surface area contributed by atoms with Gasteiger partial charge in [-0.2, -0.15) is 4.31 Å². The zero-order valence-electron chi connectivity index (χ0n) is 16.0. The number of sulfonamides is 1. The van der Waals surface area contributed by atoms with Crippen molar-refractivity contribution >= 4 is 54.7 Å². The van der Waals surface area contributed by atoms with Crippen molar-refractivity contribution in [1.82, 2.24) is 4.31 Å². The summed E-state index contributed by atoms with van der Waals surface area (Å²) in [5.74, 6) is -0.468. The van der Waals surface area contributed by atoms with Crippen LogP contribution in [0.15, 0.2) is 52.3 Å². The van der Waals surface area contributed by atoms with Crippen LogP contribution in [0.5, 0.6) is 0 Å². The Hall–Kier alpha value is -1.65. The SMILES string of the molecule is CS(=O)(=O)c1ccc(S(=O)(=O)N2CCCC[C@H]2C(=O)Nc2ccc(Cl)c(Cl)c2)cc1. The molecule has 2 aromatic rings. The van der Waals surface area contributed by atoms with Crippen molar-refractivity contribution in [3.8, 4) is 0 Å². The second-order valence-electron chi connectivity index (χ2n) is 6.99. The molecule has 1 saturated heterocycles. The third-order valence-electron chi connectivity index (χ3n) is 4.80.